The van der Waals surface area contributed by atoms with Crippen LogP contribution in [0.2, 0.25) is 5.02 Å². The van der Waals surface area contributed by atoms with E-state index in [1.165, 1.54) is 19.5 Å². The molecule has 2 aromatic rings. The Morgan fingerprint density at radius 3 is 2.70 bits per heavy atom. The minimum atomic E-state index is -0.355. The Bertz CT molecular complexity index is 632. The summed E-state index contributed by atoms with van der Waals surface area (Å²) in [7, 11) is 3.07. The normalized spacial score (nSPS) is 9.95. The zero-order chi connectivity index (χ0) is 14.5. The van der Waals surface area contributed by atoms with Gasteiger partial charge < -0.3 is 14.8 Å². The molecule has 1 N–H and O–H groups in total. The Labute approximate surface area is 121 Å². The zero-order valence-electron chi connectivity index (χ0n) is 11.0. The van der Waals surface area contributed by atoms with Crippen molar-refractivity contribution in [1.82, 2.24) is 4.98 Å². The molecule has 0 fully saturated rings. The van der Waals surface area contributed by atoms with Gasteiger partial charge in [-0.1, -0.05) is 11.6 Å². The first-order valence-electron chi connectivity index (χ1n) is 5.78. The lowest BCUT2D eigenvalue weighted by Gasteiger charge is -2.12. The maximum atomic E-state index is 12.1. The molecule has 1 amide bonds. The number of carbonyl (C=O) groups is 1. The van der Waals surface area contributed by atoms with Crippen molar-refractivity contribution in [3.63, 3.8) is 0 Å². The molecule has 0 bridgehead atoms. The second kappa shape index (κ2) is 6.25. The Balaban J connectivity index is 2.26. The van der Waals surface area contributed by atoms with Gasteiger partial charge >= 0.3 is 0 Å². The van der Waals surface area contributed by atoms with E-state index in [4.69, 9.17) is 21.1 Å². The van der Waals surface area contributed by atoms with E-state index < -0.39 is 0 Å². The van der Waals surface area contributed by atoms with Crippen molar-refractivity contribution in [2.45, 2.75) is 0 Å². The second-order valence-corrected chi connectivity index (χ2v) is 4.28. The first kappa shape index (κ1) is 14.1. The molecule has 0 radical (unpaired) electrons. The van der Waals surface area contributed by atoms with Crippen LogP contribution in [0.3, 0.4) is 0 Å². The van der Waals surface area contributed by atoms with Crippen molar-refractivity contribution in [2.24, 2.45) is 0 Å². The highest BCUT2D eigenvalue weighted by Gasteiger charge is 2.13. The SMILES string of the molecule is COc1ccc(NC(=O)c2cnccc2Cl)c(OC)c1. The maximum absolute atomic E-state index is 12.1. The van der Waals surface area contributed by atoms with Crippen LogP contribution in [0.1, 0.15) is 10.4 Å². The lowest BCUT2D eigenvalue weighted by Crippen LogP contribution is -2.13. The maximum Gasteiger partial charge on any atom is 0.258 e. The third-order valence-electron chi connectivity index (χ3n) is 2.67. The Morgan fingerprint density at radius 2 is 2.05 bits per heavy atom. The van der Waals surface area contributed by atoms with Gasteiger partial charge in [-0.2, -0.15) is 0 Å². The standard InChI is InChI=1S/C14H13ClN2O3/c1-19-9-3-4-12(13(7-9)20-2)17-14(18)10-8-16-6-5-11(10)15/h3-8H,1-2H3,(H,17,18). The third kappa shape index (κ3) is 3.00. The molecule has 104 valence electrons. The highest BCUT2D eigenvalue weighted by Crippen LogP contribution is 2.29. The number of pyridine rings is 1. The minimum Gasteiger partial charge on any atom is -0.497 e. The zero-order valence-corrected chi connectivity index (χ0v) is 11.8. The quantitative estimate of drug-likeness (QED) is 0.941. The molecule has 5 nitrogen and oxygen atoms in total. The fourth-order valence-electron chi connectivity index (χ4n) is 1.64. The molecule has 0 atom stereocenters. The number of aromatic nitrogens is 1. The van der Waals surface area contributed by atoms with Crippen molar-refractivity contribution in [2.75, 3.05) is 19.5 Å². The number of anilines is 1. The van der Waals surface area contributed by atoms with Gasteiger partial charge in [-0.05, 0) is 18.2 Å². The van der Waals surface area contributed by atoms with Gasteiger partial charge in [0.2, 0.25) is 0 Å². The molecule has 0 aliphatic carbocycles. The van der Waals surface area contributed by atoms with Crippen LogP contribution in [0.5, 0.6) is 11.5 Å². The van der Waals surface area contributed by atoms with Crippen LogP contribution < -0.4 is 14.8 Å². The summed E-state index contributed by atoms with van der Waals surface area (Å²) in [4.78, 5) is 16.0. The van der Waals surface area contributed by atoms with Gasteiger partial charge in [-0.3, -0.25) is 9.78 Å². The molecule has 0 saturated heterocycles. The summed E-state index contributed by atoms with van der Waals surface area (Å²) in [6, 6.07) is 6.66. The predicted molar refractivity (Wildman–Crippen MR) is 76.7 cm³/mol. The van der Waals surface area contributed by atoms with Crippen molar-refractivity contribution in [3.8, 4) is 11.5 Å². The Hall–Kier alpha value is -2.27. The van der Waals surface area contributed by atoms with E-state index in [0.717, 1.165) is 0 Å². The molecule has 0 unspecified atom stereocenters. The number of nitrogens with zero attached hydrogens (tertiary/aromatic N) is 1. The smallest absolute Gasteiger partial charge is 0.258 e. The molecule has 1 heterocycles. The number of hydrogen-bond donors (Lipinski definition) is 1. The molecule has 0 aliphatic heterocycles. The summed E-state index contributed by atoms with van der Waals surface area (Å²) in [6.07, 6.45) is 2.93. The average Bonchev–Trinajstić information content (AvgIpc) is 2.48. The second-order valence-electron chi connectivity index (χ2n) is 3.88. The molecular formula is C14H13ClN2O3. The first-order valence-corrected chi connectivity index (χ1v) is 6.16. The van der Waals surface area contributed by atoms with E-state index >= 15 is 0 Å². The van der Waals surface area contributed by atoms with E-state index in [1.807, 2.05) is 0 Å². The molecule has 0 aliphatic rings. The minimum absolute atomic E-state index is 0.298. The molecule has 1 aromatic heterocycles. The van der Waals surface area contributed by atoms with Gasteiger partial charge in [0.1, 0.15) is 11.5 Å². The van der Waals surface area contributed by atoms with Gasteiger partial charge in [-0.15, -0.1) is 0 Å². The van der Waals surface area contributed by atoms with Crippen LogP contribution in [0.15, 0.2) is 36.7 Å². The monoisotopic (exact) mass is 292 g/mol. The summed E-state index contributed by atoms with van der Waals surface area (Å²) >= 11 is 5.95. The summed E-state index contributed by atoms with van der Waals surface area (Å²) in [5.74, 6) is 0.781. The summed E-state index contributed by atoms with van der Waals surface area (Å²) in [5.41, 5.74) is 0.824. The fraction of sp³-hybridized carbons (Fsp3) is 0.143. The van der Waals surface area contributed by atoms with E-state index in [9.17, 15) is 4.79 Å². The molecule has 6 heteroatoms. The van der Waals surface area contributed by atoms with E-state index in [2.05, 4.69) is 10.3 Å². The number of methoxy groups -OCH3 is 2. The number of hydrogen-bond acceptors (Lipinski definition) is 4. The number of ether oxygens (including phenoxy) is 2. The number of rotatable bonds is 4. The molecule has 0 spiro atoms. The number of carbonyl (C=O) groups excluding carboxylic acids is 1. The number of halogens is 1. The van der Waals surface area contributed by atoms with Crippen LogP contribution in [-0.2, 0) is 0 Å². The summed E-state index contributed by atoms with van der Waals surface area (Å²) < 4.78 is 10.3. The Kier molecular flexibility index (Phi) is 4.42. The van der Waals surface area contributed by atoms with Crippen LogP contribution in [0, 0.1) is 0 Å². The molecular weight excluding hydrogens is 280 g/mol. The van der Waals surface area contributed by atoms with Crippen molar-refractivity contribution in [1.29, 1.82) is 0 Å². The third-order valence-corrected chi connectivity index (χ3v) is 3.00. The fourth-order valence-corrected chi connectivity index (χ4v) is 1.83. The van der Waals surface area contributed by atoms with E-state index in [0.29, 0.717) is 27.8 Å². The van der Waals surface area contributed by atoms with Crippen molar-refractivity contribution in [3.05, 3.63) is 47.2 Å². The van der Waals surface area contributed by atoms with Gasteiger partial charge in [-0.25, -0.2) is 0 Å². The van der Waals surface area contributed by atoms with Crippen molar-refractivity contribution >= 4 is 23.2 Å². The lowest BCUT2D eigenvalue weighted by molar-refractivity contribution is 0.102. The van der Waals surface area contributed by atoms with Gasteiger partial charge in [0, 0.05) is 18.5 Å². The molecule has 1 aromatic carbocycles. The van der Waals surface area contributed by atoms with Gasteiger partial charge in [0.15, 0.2) is 0 Å². The average molecular weight is 293 g/mol. The van der Waals surface area contributed by atoms with Crippen molar-refractivity contribution < 1.29 is 14.3 Å². The number of benzene rings is 1. The van der Waals surface area contributed by atoms with Crippen LogP contribution in [-0.4, -0.2) is 25.1 Å². The highest BCUT2D eigenvalue weighted by atomic mass is 35.5. The van der Waals surface area contributed by atoms with Gasteiger partial charge in [0.05, 0.1) is 30.5 Å². The summed E-state index contributed by atoms with van der Waals surface area (Å²) in [5, 5.41) is 3.06. The first-order chi connectivity index (χ1) is 9.65. The van der Waals surface area contributed by atoms with Crippen LogP contribution in [0.4, 0.5) is 5.69 Å². The van der Waals surface area contributed by atoms with Crippen LogP contribution >= 0.6 is 11.6 Å². The molecule has 2 rings (SSSR count). The van der Waals surface area contributed by atoms with E-state index in [-0.39, 0.29) is 5.91 Å². The molecule has 0 saturated carbocycles. The van der Waals surface area contributed by atoms with Crippen LogP contribution in [0.25, 0.3) is 0 Å². The lowest BCUT2D eigenvalue weighted by atomic mass is 10.2. The highest BCUT2D eigenvalue weighted by molar-refractivity contribution is 6.34. The topological polar surface area (TPSA) is 60.5 Å². The predicted octanol–water partition coefficient (Wildman–Crippen LogP) is 3.00. The number of amides is 1. The Morgan fingerprint density at radius 1 is 1.25 bits per heavy atom. The largest absolute Gasteiger partial charge is 0.497 e. The molecule has 20 heavy (non-hydrogen) atoms. The number of nitrogens with one attached hydrogen (secondary N) is 1. The van der Waals surface area contributed by atoms with E-state index in [1.54, 1.807) is 31.4 Å². The van der Waals surface area contributed by atoms with Gasteiger partial charge in [0.25, 0.3) is 5.91 Å². The summed E-state index contributed by atoms with van der Waals surface area (Å²) in [6.45, 7) is 0.